The average Bonchev–Trinajstić information content (AvgIpc) is 2.80. The summed E-state index contributed by atoms with van der Waals surface area (Å²) in [5, 5.41) is 2.76. The van der Waals surface area contributed by atoms with Gasteiger partial charge in [-0.25, -0.2) is 4.79 Å². The van der Waals surface area contributed by atoms with Crippen LogP contribution in [0.3, 0.4) is 0 Å². The van der Waals surface area contributed by atoms with Crippen LogP contribution in [-0.4, -0.2) is 62.0 Å². The third-order valence-corrected chi connectivity index (χ3v) is 3.93. The van der Waals surface area contributed by atoms with E-state index in [1.165, 1.54) is 0 Å². The number of hydrogen-bond donors (Lipinski definition) is 1. The highest BCUT2D eigenvalue weighted by Crippen LogP contribution is 2.20. The highest BCUT2D eigenvalue weighted by molar-refractivity contribution is 5.78. The monoisotopic (exact) mass is 320 g/mol. The summed E-state index contributed by atoms with van der Waals surface area (Å²) >= 11 is 0. The average molecular weight is 320 g/mol. The van der Waals surface area contributed by atoms with Crippen molar-refractivity contribution in [2.45, 2.75) is 12.2 Å². The van der Waals surface area contributed by atoms with Gasteiger partial charge in [-0.3, -0.25) is 4.79 Å². The van der Waals surface area contributed by atoms with Crippen LogP contribution in [-0.2, 0) is 25.6 Å². The molecule has 23 heavy (non-hydrogen) atoms. The van der Waals surface area contributed by atoms with E-state index in [9.17, 15) is 9.59 Å². The van der Waals surface area contributed by atoms with E-state index in [2.05, 4.69) is 5.32 Å². The summed E-state index contributed by atoms with van der Waals surface area (Å²) in [5.41, 5.74) is 0.235. The third kappa shape index (κ3) is 4.00. The predicted molar refractivity (Wildman–Crippen MR) is 80.7 cm³/mol. The fraction of sp³-hybridized carbons (Fsp3) is 0.500. The zero-order chi connectivity index (χ0) is 16.1. The van der Waals surface area contributed by atoms with E-state index in [1.807, 2.05) is 30.3 Å². The van der Waals surface area contributed by atoms with Crippen molar-refractivity contribution >= 4 is 12.0 Å². The molecule has 2 fully saturated rings. The molecular weight excluding hydrogens is 300 g/mol. The van der Waals surface area contributed by atoms with Crippen LogP contribution < -0.4 is 5.32 Å². The Morgan fingerprint density at radius 1 is 1.35 bits per heavy atom. The highest BCUT2D eigenvalue weighted by atomic mass is 16.6. The molecule has 0 bridgehead atoms. The minimum atomic E-state index is -0.698. The smallest absolute Gasteiger partial charge is 0.410 e. The number of benzene rings is 1. The summed E-state index contributed by atoms with van der Waals surface area (Å²) < 4.78 is 16.6. The lowest BCUT2D eigenvalue weighted by Gasteiger charge is -2.37. The Bertz CT molecular complexity index is 553. The Hall–Kier alpha value is -2.12. The van der Waals surface area contributed by atoms with Gasteiger partial charge in [0, 0.05) is 6.54 Å². The molecule has 2 aliphatic heterocycles. The van der Waals surface area contributed by atoms with Crippen LogP contribution in [0.1, 0.15) is 5.56 Å². The molecule has 124 valence electrons. The maximum absolute atomic E-state index is 12.3. The number of hydrogen-bond acceptors (Lipinski definition) is 5. The minimum Gasteiger partial charge on any atom is -0.445 e. The van der Waals surface area contributed by atoms with Gasteiger partial charge in [0.15, 0.2) is 0 Å². The molecule has 1 spiro atoms. The van der Waals surface area contributed by atoms with E-state index in [4.69, 9.17) is 14.2 Å². The lowest BCUT2D eigenvalue weighted by molar-refractivity contribution is -0.151. The first-order valence-electron chi connectivity index (χ1n) is 7.61. The number of ether oxygens (including phenoxy) is 3. The Kier molecular flexibility index (Phi) is 4.78. The van der Waals surface area contributed by atoms with Gasteiger partial charge in [0.1, 0.15) is 18.8 Å². The van der Waals surface area contributed by atoms with Crippen LogP contribution >= 0.6 is 0 Å². The standard InChI is InChI=1S/C16H20N2O5/c19-14-9-23-16(10-17-14)11-18(6-7-21-12-16)15(20)22-8-13-4-2-1-3-5-13/h1-5H,6-12H2,(H,17,19)/t16-/m0/s1. The Morgan fingerprint density at radius 3 is 2.91 bits per heavy atom. The van der Waals surface area contributed by atoms with Crippen LogP contribution in [0.5, 0.6) is 0 Å². The number of rotatable bonds is 2. The lowest BCUT2D eigenvalue weighted by atomic mass is 10.0. The largest absolute Gasteiger partial charge is 0.445 e. The van der Waals surface area contributed by atoms with Crippen molar-refractivity contribution in [3.8, 4) is 0 Å². The molecule has 2 saturated heterocycles. The third-order valence-electron chi connectivity index (χ3n) is 3.93. The van der Waals surface area contributed by atoms with Gasteiger partial charge in [-0.2, -0.15) is 0 Å². The SMILES string of the molecule is O=C1CO[C@]2(CN1)COCCN(C(=O)OCc1ccccc1)C2. The molecule has 0 aliphatic carbocycles. The van der Waals surface area contributed by atoms with Crippen LogP contribution in [0.25, 0.3) is 0 Å². The topological polar surface area (TPSA) is 77.1 Å². The van der Waals surface area contributed by atoms with Crippen molar-refractivity contribution < 1.29 is 23.8 Å². The number of amides is 2. The molecule has 3 rings (SSSR count). The molecule has 1 atom stereocenters. The van der Waals surface area contributed by atoms with E-state index in [1.54, 1.807) is 4.90 Å². The van der Waals surface area contributed by atoms with E-state index in [-0.39, 0.29) is 19.1 Å². The molecule has 1 aromatic rings. The van der Waals surface area contributed by atoms with Crippen LogP contribution in [0.15, 0.2) is 30.3 Å². The molecule has 1 N–H and O–H groups in total. The van der Waals surface area contributed by atoms with Crippen molar-refractivity contribution in [3.05, 3.63) is 35.9 Å². The molecule has 2 aliphatic rings. The molecule has 7 nitrogen and oxygen atoms in total. The second-order valence-electron chi connectivity index (χ2n) is 5.76. The normalized spacial score (nSPS) is 24.9. The van der Waals surface area contributed by atoms with Gasteiger partial charge in [-0.05, 0) is 5.56 Å². The Morgan fingerprint density at radius 2 is 2.17 bits per heavy atom. The summed E-state index contributed by atoms with van der Waals surface area (Å²) in [6, 6.07) is 9.52. The van der Waals surface area contributed by atoms with Crippen LogP contribution in [0, 0.1) is 0 Å². The number of carbonyl (C=O) groups excluding carboxylic acids is 2. The molecule has 0 aromatic heterocycles. The first-order chi connectivity index (χ1) is 11.2. The fourth-order valence-corrected chi connectivity index (χ4v) is 2.65. The van der Waals surface area contributed by atoms with Crippen molar-refractivity contribution in [3.63, 3.8) is 0 Å². The molecule has 0 unspecified atom stereocenters. The zero-order valence-corrected chi connectivity index (χ0v) is 12.8. The summed E-state index contributed by atoms with van der Waals surface area (Å²) in [5.74, 6) is -0.155. The molecule has 1 aromatic carbocycles. The highest BCUT2D eigenvalue weighted by Gasteiger charge is 2.41. The quantitative estimate of drug-likeness (QED) is 0.861. The maximum Gasteiger partial charge on any atom is 0.410 e. The molecule has 0 saturated carbocycles. The Labute approximate surface area is 134 Å². The second-order valence-corrected chi connectivity index (χ2v) is 5.76. The number of nitrogens with one attached hydrogen (secondary N) is 1. The summed E-state index contributed by atoms with van der Waals surface area (Å²) in [4.78, 5) is 25.2. The molecule has 2 heterocycles. The van der Waals surface area contributed by atoms with Gasteiger partial charge >= 0.3 is 6.09 Å². The molecule has 0 radical (unpaired) electrons. The van der Waals surface area contributed by atoms with E-state index < -0.39 is 11.7 Å². The number of nitrogens with zero attached hydrogens (tertiary/aromatic N) is 1. The maximum atomic E-state index is 12.3. The predicted octanol–water partition coefficient (Wildman–Crippen LogP) is 0.541. The first kappa shape index (κ1) is 15.8. The van der Waals surface area contributed by atoms with Gasteiger partial charge in [-0.15, -0.1) is 0 Å². The van der Waals surface area contributed by atoms with Gasteiger partial charge in [-0.1, -0.05) is 30.3 Å². The number of morpholine rings is 1. The zero-order valence-electron chi connectivity index (χ0n) is 12.8. The molecule has 7 heteroatoms. The summed E-state index contributed by atoms with van der Waals surface area (Å²) in [6.07, 6.45) is -0.403. The molecular formula is C16H20N2O5. The summed E-state index contributed by atoms with van der Waals surface area (Å²) in [6.45, 7) is 2.06. The fourth-order valence-electron chi connectivity index (χ4n) is 2.65. The first-order valence-corrected chi connectivity index (χ1v) is 7.61. The van der Waals surface area contributed by atoms with E-state index in [0.29, 0.717) is 32.8 Å². The van der Waals surface area contributed by atoms with Crippen molar-refractivity contribution in [1.82, 2.24) is 10.2 Å². The second kappa shape index (κ2) is 6.97. The van der Waals surface area contributed by atoms with Crippen LogP contribution in [0.2, 0.25) is 0 Å². The summed E-state index contributed by atoms with van der Waals surface area (Å²) in [7, 11) is 0. The van der Waals surface area contributed by atoms with E-state index >= 15 is 0 Å². The van der Waals surface area contributed by atoms with Crippen molar-refractivity contribution in [2.24, 2.45) is 0 Å². The Balaban J connectivity index is 1.59. The van der Waals surface area contributed by atoms with Gasteiger partial charge in [0.25, 0.3) is 0 Å². The lowest BCUT2D eigenvalue weighted by Crippen LogP contribution is -2.59. The van der Waals surface area contributed by atoms with Gasteiger partial charge in [0.2, 0.25) is 5.91 Å². The van der Waals surface area contributed by atoms with E-state index in [0.717, 1.165) is 5.56 Å². The minimum absolute atomic E-state index is 0.0176. The van der Waals surface area contributed by atoms with Crippen LogP contribution in [0.4, 0.5) is 4.79 Å². The van der Waals surface area contributed by atoms with Crippen molar-refractivity contribution in [1.29, 1.82) is 0 Å². The van der Waals surface area contributed by atoms with Crippen molar-refractivity contribution in [2.75, 3.05) is 39.5 Å². The number of carbonyl (C=O) groups is 2. The van der Waals surface area contributed by atoms with Gasteiger partial charge < -0.3 is 24.4 Å². The molecule has 2 amide bonds. The van der Waals surface area contributed by atoms with Gasteiger partial charge in [0.05, 0.1) is 26.3 Å².